The number of carbonyl (C=O) groups excluding carboxylic acids is 4. The van der Waals surface area contributed by atoms with E-state index in [-0.39, 0.29) is 11.3 Å². The molecule has 34 heavy (non-hydrogen) atoms. The lowest BCUT2D eigenvalue weighted by molar-refractivity contribution is -0.161. The third-order valence-corrected chi connectivity index (χ3v) is 7.89. The Morgan fingerprint density at radius 1 is 1.18 bits per heavy atom. The number of hydrogen-bond acceptors (Lipinski definition) is 6. The monoisotopic (exact) mass is 564 g/mol. The van der Waals surface area contributed by atoms with Crippen molar-refractivity contribution < 1.29 is 28.1 Å². The van der Waals surface area contributed by atoms with E-state index in [1.54, 1.807) is 36.4 Å². The molecular weight excluding hydrogens is 548 g/mol. The van der Waals surface area contributed by atoms with Crippen molar-refractivity contribution >= 4 is 61.9 Å². The fourth-order valence-corrected chi connectivity index (χ4v) is 5.97. The van der Waals surface area contributed by atoms with Crippen LogP contribution in [0.4, 0.5) is 0 Å². The summed E-state index contributed by atoms with van der Waals surface area (Å²) in [6.45, 7) is 3.24. The first-order chi connectivity index (χ1) is 16.2. The predicted octanol–water partition coefficient (Wildman–Crippen LogP) is 2.48. The maximum Gasteiger partial charge on any atom is 0.333 e. The molecule has 0 aliphatic carbocycles. The lowest BCUT2D eigenvalue weighted by atomic mass is 9.98. The topological polar surface area (TPSA) is 110 Å². The Kier molecular flexibility index (Phi) is 7.01. The Morgan fingerprint density at radius 2 is 1.88 bits per heavy atom. The summed E-state index contributed by atoms with van der Waals surface area (Å²) < 4.78 is 18.6. The molecule has 2 aromatic rings. The van der Waals surface area contributed by atoms with Gasteiger partial charge in [-0.05, 0) is 48.0 Å². The molecule has 4 atom stereocenters. The van der Waals surface area contributed by atoms with E-state index in [9.17, 15) is 23.4 Å². The molecule has 0 aromatic heterocycles. The molecule has 0 spiro atoms. The molecule has 0 saturated carbocycles. The second-order valence-corrected chi connectivity index (χ2v) is 10.6. The van der Waals surface area contributed by atoms with Gasteiger partial charge in [0.05, 0.1) is 10.8 Å². The van der Waals surface area contributed by atoms with Gasteiger partial charge >= 0.3 is 5.97 Å². The van der Waals surface area contributed by atoms with Crippen LogP contribution in [0.2, 0.25) is 5.02 Å². The quantitative estimate of drug-likeness (QED) is 0.249. The van der Waals surface area contributed by atoms with Crippen LogP contribution < -0.4 is 5.32 Å². The molecule has 2 aliphatic heterocycles. The predicted molar refractivity (Wildman–Crippen MR) is 129 cm³/mol. The van der Waals surface area contributed by atoms with E-state index in [2.05, 4.69) is 27.8 Å². The molecule has 0 bridgehead atoms. The van der Waals surface area contributed by atoms with Crippen LogP contribution >= 0.6 is 27.5 Å². The fourth-order valence-electron chi connectivity index (χ4n) is 3.79. The van der Waals surface area contributed by atoms with Gasteiger partial charge in [0, 0.05) is 26.4 Å². The van der Waals surface area contributed by atoms with Crippen LogP contribution in [0.3, 0.4) is 0 Å². The van der Waals surface area contributed by atoms with Crippen molar-refractivity contribution in [3.8, 4) is 0 Å². The van der Waals surface area contributed by atoms with Gasteiger partial charge in [0.2, 0.25) is 5.91 Å². The summed E-state index contributed by atoms with van der Waals surface area (Å²) >= 11 is 9.09. The normalized spacial score (nSPS) is 23.5. The Morgan fingerprint density at radius 3 is 2.56 bits per heavy atom. The van der Waals surface area contributed by atoms with Crippen LogP contribution in [0.25, 0.3) is 0 Å². The number of fused-ring (bicyclic) bond motifs is 1. The summed E-state index contributed by atoms with van der Waals surface area (Å²) in [7, 11) is -1.57. The van der Waals surface area contributed by atoms with E-state index in [0.29, 0.717) is 20.6 Å². The summed E-state index contributed by atoms with van der Waals surface area (Å²) in [4.78, 5) is 51.7. The first kappa shape index (κ1) is 24.3. The highest BCUT2D eigenvalue weighted by Gasteiger charge is 2.59. The van der Waals surface area contributed by atoms with E-state index in [1.807, 2.05) is 0 Å². The van der Waals surface area contributed by atoms with Gasteiger partial charge in [-0.25, -0.2) is 4.79 Å². The average molecular weight is 566 g/mol. The van der Waals surface area contributed by atoms with Crippen LogP contribution in [0.15, 0.2) is 65.2 Å². The molecule has 0 radical (unpaired) electrons. The Balaban J connectivity index is 1.44. The van der Waals surface area contributed by atoms with Crippen molar-refractivity contribution in [3.05, 3.63) is 81.3 Å². The van der Waals surface area contributed by atoms with Gasteiger partial charge in [-0.2, -0.15) is 0 Å². The molecule has 8 nitrogen and oxygen atoms in total. The number of esters is 1. The summed E-state index contributed by atoms with van der Waals surface area (Å²) in [5.41, 5.74) is 0.876. The fraction of sp³-hybridized carbons (Fsp3) is 0.217. The highest BCUT2D eigenvalue weighted by molar-refractivity contribution is 9.10. The van der Waals surface area contributed by atoms with Crippen molar-refractivity contribution in [1.29, 1.82) is 0 Å². The number of ether oxygens (including phenoxy) is 1. The highest BCUT2D eigenvalue weighted by Crippen LogP contribution is 2.35. The summed E-state index contributed by atoms with van der Waals surface area (Å²) in [6, 6.07) is 10.5. The molecule has 1 N–H and O–H groups in total. The second-order valence-electron chi connectivity index (χ2n) is 7.72. The minimum Gasteiger partial charge on any atom is -0.455 e. The van der Waals surface area contributed by atoms with Gasteiger partial charge in [0.25, 0.3) is 5.91 Å². The Bertz CT molecular complexity index is 1230. The maximum atomic E-state index is 12.9. The number of β-lactam (4-membered cyclic amide) rings is 1. The number of Topliss-reactive ketones (excluding diaryl/α,β-unsaturated/α-hetero) is 1. The zero-order chi connectivity index (χ0) is 24.6. The van der Waals surface area contributed by atoms with Gasteiger partial charge in [-0.3, -0.25) is 18.6 Å². The molecule has 2 aliphatic rings. The smallest absolute Gasteiger partial charge is 0.333 e. The van der Waals surface area contributed by atoms with Crippen molar-refractivity contribution in [2.45, 2.75) is 17.5 Å². The van der Waals surface area contributed by atoms with E-state index >= 15 is 0 Å². The third kappa shape index (κ3) is 4.70. The largest absolute Gasteiger partial charge is 0.455 e. The number of nitrogens with zero attached hydrogens (tertiary/aromatic N) is 1. The molecule has 2 heterocycles. The number of hydrogen-bond donors (Lipinski definition) is 1. The van der Waals surface area contributed by atoms with Gasteiger partial charge in [-0.1, -0.05) is 40.2 Å². The average Bonchev–Trinajstić information content (AvgIpc) is 2.80. The summed E-state index contributed by atoms with van der Waals surface area (Å²) in [5.74, 6) is -2.41. The summed E-state index contributed by atoms with van der Waals surface area (Å²) in [5, 5.41) is 2.16. The number of halogens is 2. The molecule has 2 amide bonds. The number of amides is 2. The summed E-state index contributed by atoms with van der Waals surface area (Å²) in [6.07, 6.45) is 0. The number of carbonyl (C=O) groups is 4. The van der Waals surface area contributed by atoms with Gasteiger partial charge in [0.1, 0.15) is 11.4 Å². The zero-order valence-electron chi connectivity index (χ0n) is 17.5. The van der Waals surface area contributed by atoms with E-state index < -0.39 is 58.4 Å². The van der Waals surface area contributed by atoms with E-state index in [0.717, 1.165) is 4.90 Å². The zero-order valence-corrected chi connectivity index (χ0v) is 20.7. The van der Waals surface area contributed by atoms with Crippen LogP contribution in [-0.4, -0.2) is 62.5 Å². The highest BCUT2D eigenvalue weighted by atomic mass is 79.9. The Hall–Kier alpha value is -2.82. The van der Waals surface area contributed by atoms with Crippen LogP contribution in [0, 0.1) is 0 Å². The molecule has 11 heteroatoms. The Labute approximate surface area is 210 Å². The number of nitrogens with one attached hydrogen (secondary N) is 1. The van der Waals surface area contributed by atoms with E-state index in [4.69, 9.17) is 16.3 Å². The number of rotatable bonds is 6. The molecule has 2 aromatic carbocycles. The first-order valence-corrected chi connectivity index (χ1v) is 12.6. The molecule has 4 rings (SSSR count). The van der Waals surface area contributed by atoms with Crippen LogP contribution in [0.1, 0.15) is 20.7 Å². The minimum atomic E-state index is -1.57. The van der Waals surface area contributed by atoms with Crippen molar-refractivity contribution in [2.24, 2.45) is 0 Å². The van der Waals surface area contributed by atoms with Gasteiger partial charge < -0.3 is 15.0 Å². The number of benzene rings is 2. The first-order valence-electron chi connectivity index (χ1n) is 10.1. The molecule has 176 valence electrons. The van der Waals surface area contributed by atoms with Crippen molar-refractivity contribution in [2.75, 3.05) is 12.4 Å². The standard InChI is InChI=1S/C23H18BrClN2O6S/c1-12-11-34(32)22-18(26-20(29)14-3-2-4-15(24)9-14)21(30)27(22)19(12)23(31)33-10-17(28)13-5-7-16(25)8-6-13/h2-9,18-19,22H,1,10-11H2,(H,26,29)/t18?,19?,22-,34?/m0/s1. The second kappa shape index (κ2) is 9.81. The SMILES string of the molecule is C=C1CS(=O)[C@H]2C(NC(=O)c3cccc(Br)c3)C(=O)N2C1C(=O)OCC(=O)c1ccc(Cl)cc1. The van der Waals surface area contributed by atoms with Crippen molar-refractivity contribution in [1.82, 2.24) is 10.2 Å². The molecule has 2 saturated heterocycles. The van der Waals surface area contributed by atoms with Crippen molar-refractivity contribution in [3.63, 3.8) is 0 Å². The minimum absolute atomic E-state index is 0.0391. The maximum absolute atomic E-state index is 12.9. The van der Waals surface area contributed by atoms with Crippen LogP contribution in [0.5, 0.6) is 0 Å². The number of ketones is 1. The van der Waals surface area contributed by atoms with Crippen LogP contribution in [-0.2, 0) is 25.1 Å². The molecular formula is C23H18BrClN2O6S. The van der Waals surface area contributed by atoms with E-state index in [1.165, 1.54) is 12.1 Å². The molecule has 3 unspecified atom stereocenters. The third-order valence-electron chi connectivity index (χ3n) is 5.45. The lowest BCUT2D eigenvalue weighted by Crippen LogP contribution is -2.77. The lowest BCUT2D eigenvalue weighted by Gasteiger charge is -2.52. The molecule has 2 fully saturated rings. The van der Waals surface area contributed by atoms with Gasteiger partial charge in [-0.15, -0.1) is 0 Å². The van der Waals surface area contributed by atoms with Gasteiger partial charge in [0.15, 0.2) is 18.4 Å².